The van der Waals surface area contributed by atoms with Gasteiger partial charge in [0, 0.05) is 25.3 Å². The predicted molar refractivity (Wildman–Crippen MR) is 117 cm³/mol. The van der Waals surface area contributed by atoms with Gasteiger partial charge in [0.2, 0.25) is 0 Å². The van der Waals surface area contributed by atoms with Gasteiger partial charge in [-0.1, -0.05) is 11.6 Å². The molecule has 0 saturated carbocycles. The lowest BCUT2D eigenvalue weighted by Crippen LogP contribution is -2.14. The highest BCUT2D eigenvalue weighted by atomic mass is 16.5. The van der Waals surface area contributed by atoms with Crippen LogP contribution in [0, 0.1) is 0 Å². The number of benzene rings is 2. The van der Waals surface area contributed by atoms with Crippen LogP contribution >= 0.6 is 0 Å². The second-order valence-electron chi connectivity index (χ2n) is 7.38. The first kappa shape index (κ1) is 23.9. The van der Waals surface area contributed by atoms with E-state index < -0.39 is 17.9 Å². The molecule has 2 aromatic rings. The average Bonchev–Trinajstić information content (AvgIpc) is 2.68. The van der Waals surface area contributed by atoms with Gasteiger partial charge in [-0.25, -0.2) is 0 Å². The Morgan fingerprint density at radius 3 is 1.84 bits per heavy atom. The maximum Gasteiger partial charge on any atom is 0.308 e. The summed E-state index contributed by atoms with van der Waals surface area (Å²) >= 11 is 0. The van der Waals surface area contributed by atoms with Gasteiger partial charge in [0.25, 0.3) is 0 Å². The Morgan fingerprint density at radius 1 is 0.839 bits per heavy atom. The number of hydrogen-bond donors (Lipinski definition) is 0. The zero-order valence-corrected chi connectivity index (χ0v) is 19.0. The van der Waals surface area contributed by atoms with Crippen molar-refractivity contribution in [3.8, 4) is 23.0 Å². The first-order valence-corrected chi connectivity index (χ1v) is 9.82. The van der Waals surface area contributed by atoms with Crippen LogP contribution < -0.4 is 18.9 Å². The van der Waals surface area contributed by atoms with Gasteiger partial charge in [0.15, 0.2) is 0 Å². The monoisotopic (exact) mass is 428 g/mol. The van der Waals surface area contributed by atoms with E-state index in [0.29, 0.717) is 34.3 Å². The van der Waals surface area contributed by atoms with Crippen LogP contribution in [0.1, 0.15) is 52.5 Å². The van der Waals surface area contributed by atoms with Crippen molar-refractivity contribution < 1.29 is 33.3 Å². The fourth-order valence-corrected chi connectivity index (χ4v) is 3.41. The number of fused-ring (bicyclic) bond motifs is 1. The summed E-state index contributed by atoms with van der Waals surface area (Å²) in [7, 11) is 2.95. The molecule has 0 aliphatic heterocycles. The van der Waals surface area contributed by atoms with Gasteiger partial charge in [0.1, 0.15) is 28.8 Å². The molecule has 0 N–H and O–H groups in total. The van der Waals surface area contributed by atoms with Crippen LogP contribution in [0.25, 0.3) is 10.8 Å². The molecule has 0 aromatic heterocycles. The molecule has 0 spiro atoms. The molecule has 1 atom stereocenters. The minimum Gasteiger partial charge on any atom is -0.496 e. The lowest BCUT2D eigenvalue weighted by Gasteiger charge is -2.22. The van der Waals surface area contributed by atoms with Crippen LogP contribution in [-0.2, 0) is 14.4 Å². The second kappa shape index (κ2) is 10.1. The molecular weight excluding hydrogens is 400 g/mol. The molecule has 31 heavy (non-hydrogen) atoms. The van der Waals surface area contributed by atoms with Gasteiger partial charge in [-0.05, 0) is 45.4 Å². The maximum absolute atomic E-state index is 12.6. The second-order valence-corrected chi connectivity index (χ2v) is 7.38. The van der Waals surface area contributed by atoms with Crippen molar-refractivity contribution in [2.45, 2.75) is 47.0 Å². The number of hydrogen-bond acceptors (Lipinski definition) is 7. The molecule has 2 rings (SSSR count). The van der Waals surface area contributed by atoms with Crippen LogP contribution in [0.4, 0.5) is 0 Å². The summed E-state index contributed by atoms with van der Waals surface area (Å²) < 4.78 is 22.1. The minimum atomic E-state index is -0.626. The first-order valence-electron chi connectivity index (χ1n) is 9.82. The number of Topliss-reactive ketones (excluding diaryl/α,β-unsaturated/α-hetero) is 1. The van der Waals surface area contributed by atoms with Crippen LogP contribution in [0.2, 0.25) is 0 Å². The van der Waals surface area contributed by atoms with Gasteiger partial charge < -0.3 is 18.9 Å². The fourth-order valence-electron chi connectivity index (χ4n) is 3.41. The summed E-state index contributed by atoms with van der Waals surface area (Å²) in [4.78, 5) is 36.5. The Morgan fingerprint density at radius 2 is 1.39 bits per heavy atom. The van der Waals surface area contributed by atoms with Crippen LogP contribution in [0.15, 0.2) is 29.8 Å². The van der Waals surface area contributed by atoms with Crippen molar-refractivity contribution in [3.63, 3.8) is 0 Å². The molecule has 0 radical (unpaired) electrons. The van der Waals surface area contributed by atoms with Gasteiger partial charge in [-0.15, -0.1) is 0 Å². The Bertz CT molecular complexity index is 1050. The standard InChI is InChI=1S/C24H28O7/c1-13(2)8-9-17(14(3)25)18-12-21(30-15(4)26)22-19(28-6)10-11-20(29-7)23(22)24(18)31-16(5)27/h8,10-12,17H,9H2,1-7H3. The largest absolute Gasteiger partial charge is 0.496 e. The molecule has 0 saturated heterocycles. The molecule has 0 aliphatic rings. The number of allylic oxidation sites excluding steroid dienone is 2. The SMILES string of the molecule is COc1ccc(OC)c2c(OC(C)=O)c(C(CC=C(C)C)C(C)=O)cc(OC(C)=O)c12. The quantitative estimate of drug-likeness (QED) is 0.341. The lowest BCUT2D eigenvalue weighted by molar-refractivity contribution is -0.133. The summed E-state index contributed by atoms with van der Waals surface area (Å²) in [5.74, 6) is -0.704. The predicted octanol–water partition coefficient (Wildman–Crippen LogP) is 4.74. The topological polar surface area (TPSA) is 88.1 Å². The molecule has 166 valence electrons. The van der Waals surface area contributed by atoms with E-state index in [0.717, 1.165) is 5.57 Å². The van der Waals surface area contributed by atoms with E-state index in [4.69, 9.17) is 18.9 Å². The van der Waals surface area contributed by atoms with E-state index in [2.05, 4.69) is 0 Å². The van der Waals surface area contributed by atoms with Gasteiger partial charge in [-0.3, -0.25) is 14.4 Å². The molecule has 0 amide bonds. The maximum atomic E-state index is 12.6. The van der Waals surface area contributed by atoms with Gasteiger partial charge >= 0.3 is 11.9 Å². The number of ketones is 1. The molecule has 2 aromatic carbocycles. The van der Waals surface area contributed by atoms with Crippen molar-refractivity contribution in [1.29, 1.82) is 0 Å². The van der Waals surface area contributed by atoms with E-state index in [1.807, 2.05) is 19.9 Å². The number of ether oxygens (including phenoxy) is 4. The normalized spacial score (nSPS) is 11.5. The van der Waals surface area contributed by atoms with Crippen molar-refractivity contribution in [2.75, 3.05) is 14.2 Å². The van der Waals surface area contributed by atoms with E-state index in [1.54, 1.807) is 18.2 Å². The summed E-state index contributed by atoms with van der Waals surface area (Å²) in [6, 6.07) is 4.89. The van der Waals surface area contributed by atoms with Crippen molar-refractivity contribution in [3.05, 3.63) is 35.4 Å². The van der Waals surface area contributed by atoms with E-state index in [9.17, 15) is 14.4 Å². The fraction of sp³-hybridized carbons (Fsp3) is 0.375. The third-order valence-electron chi connectivity index (χ3n) is 4.72. The Labute approximate surface area is 181 Å². The molecule has 0 aliphatic carbocycles. The molecule has 1 unspecified atom stereocenters. The summed E-state index contributed by atoms with van der Waals surface area (Å²) in [5.41, 5.74) is 1.47. The van der Waals surface area contributed by atoms with E-state index in [1.165, 1.54) is 35.0 Å². The summed E-state index contributed by atoms with van der Waals surface area (Å²) in [6.45, 7) is 7.90. The Hall–Kier alpha value is -3.35. The van der Waals surface area contributed by atoms with Crippen LogP contribution in [0.3, 0.4) is 0 Å². The van der Waals surface area contributed by atoms with Gasteiger partial charge in [0.05, 0.1) is 25.0 Å². The van der Waals surface area contributed by atoms with Gasteiger partial charge in [-0.2, -0.15) is 0 Å². The van der Waals surface area contributed by atoms with Crippen molar-refractivity contribution >= 4 is 28.5 Å². The van der Waals surface area contributed by atoms with Crippen molar-refractivity contribution in [1.82, 2.24) is 0 Å². The van der Waals surface area contributed by atoms with E-state index >= 15 is 0 Å². The summed E-state index contributed by atoms with van der Waals surface area (Å²) in [5, 5.41) is 0.788. The minimum absolute atomic E-state index is 0.124. The third kappa shape index (κ3) is 5.42. The Kier molecular flexibility index (Phi) is 7.80. The average molecular weight is 428 g/mol. The first-order chi connectivity index (χ1) is 14.6. The number of methoxy groups -OCH3 is 2. The van der Waals surface area contributed by atoms with Crippen molar-refractivity contribution in [2.24, 2.45) is 0 Å². The molecule has 7 nitrogen and oxygen atoms in total. The summed E-state index contributed by atoms with van der Waals surface area (Å²) in [6.07, 6.45) is 2.32. The third-order valence-corrected chi connectivity index (χ3v) is 4.72. The Balaban J connectivity index is 3.05. The highest BCUT2D eigenvalue weighted by Gasteiger charge is 2.28. The number of rotatable bonds is 8. The number of carbonyl (C=O) groups excluding carboxylic acids is 3. The number of carbonyl (C=O) groups is 3. The smallest absolute Gasteiger partial charge is 0.308 e. The zero-order valence-electron chi connectivity index (χ0n) is 19.0. The molecule has 7 heteroatoms. The van der Waals surface area contributed by atoms with E-state index in [-0.39, 0.29) is 17.3 Å². The molecule has 0 fully saturated rings. The zero-order chi connectivity index (χ0) is 23.3. The number of esters is 2. The lowest BCUT2D eigenvalue weighted by atomic mass is 9.88. The molecule has 0 bridgehead atoms. The van der Waals surface area contributed by atoms with Crippen LogP contribution in [-0.4, -0.2) is 31.9 Å². The highest BCUT2D eigenvalue weighted by Crippen LogP contribution is 2.49. The van der Waals surface area contributed by atoms with Crippen LogP contribution in [0.5, 0.6) is 23.0 Å². The highest BCUT2D eigenvalue weighted by molar-refractivity contribution is 6.05. The molecular formula is C24H28O7. The molecule has 0 heterocycles.